The van der Waals surface area contributed by atoms with Crippen LogP contribution in [0.25, 0.3) is 11.4 Å². The van der Waals surface area contributed by atoms with Gasteiger partial charge in [-0.2, -0.15) is 4.98 Å². The zero-order valence-electron chi connectivity index (χ0n) is 16.6. The molecule has 0 spiro atoms. The number of amides is 1. The SMILES string of the molecule is Cc1ccc(-c2noc(CCC(=O)NCc3ccccc3CN(C)C)n2)cc1. The van der Waals surface area contributed by atoms with Crippen molar-refractivity contribution in [2.24, 2.45) is 0 Å². The molecule has 1 N–H and O–H groups in total. The molecule has 0 unspecified atom stereocenters. The summed E-state index contributed by atoms with van der Waals surface area (Å²) in [6.45, 7) is 3.39. The first-order valence-corrected chi connectivity index (χ1v) is 9.39. The number of nitrogens with zero attached hydrogens (tertiary/aromatic N) is 3. The quantitative estimate of drug-likeness (QED) is 0.651. The van der Waals surface area contributed by atoms with Crippen molar-refractivity contribution in [3.05, 3.63) is 71.1 Å². The zero-order chi connectivity index (χ0) is 19.9. The van der Waals surface area contributed by atoms with Crippen LogP contribution in [-0.2, 0) is 24.3 Å². The number of benzene rings is 2. The maximum atomic E-state index is 12.2. The first kappa shape index (κ1) is 19.8. The summed E-state index contributed by atoms with van der Waals surface area (Å²) in [5.41, 5.74) is 4.43. The van der Waals surface area contributed by atoms with E-state index in [0.717, 1.165) is 17.7 Å². The average Bonchev–Trinajstić information content (AvgIpc) is 3.15. The Balaban J connectivity index is 1.51. The van der Waals surface area contributed by atoms with E-state index in [1.807, 2.05) is 63.5 Å². The highest BCUT2D eigenvalue weighted by atomic mass is 16.5. The normalized spacial score (nSPS) is 11.0. The summed E-state index contributed by atoms with van der Waals surface area (Å²) in [5, 5.41) is 6.98. The van der Waals surface area contributed by atoms with Crippen molar-refractivity contribution in [1.82, 2.24) is 20.4 Å². The average molecular weight is 378 g/mol. The molecule has 146 valence electrons. The number of aromatic nitrogens is 2. The third-order valence-electron chi connectivity index (χ3n) is 4.42. The van der Waals surface area contributed by atoms with Gasteiger partial charge in [-0.1, -0.05) is 59.3 Å². The molecule has 0 aliphatic rings. The molecule has 0 saturated carbocycles. The molecule has 3 rings (SSSR count). The van der Waals surface area contributed by atoms with Crippen molar-refractivity contribution in [1.29, 1.82) is 0 Å². The number of hydrogen-bond donors (Lipinski definition) is 1. The Morgan fingerprint density at radius 3 is 2.50 bits per heavy atom. The highest BCUT2D eigenvalue weighted by molar-refractivity contribution is 5.76. The minimum atomic E-state index is -0.0326. The maximum Gasteiger partial charge on any atom is 0.227 e. The number of hydrogen-bond acceptors (Lipinski definition) is 5. The fourth-order valence-electron chi connectivity index (χ4n) is 2.90. The molecule has 0 atom stereocenters. The summed E-state index contributed by atoms with van der Waals surface area (Å²) in [5.74, 6) is 0.987. The first-order chi connectivity index (χ1) is 13.5. The van der Waals surface area contributed by atoms with Crippen molar-refractivity contribution in [2.75, 3.05) is 14.1 Å². The van der Waals surface area contributed by atoms with Crippen molar-refractivity contribution in [2.45, 2.75) is 32.9 Å². The smallest absolute Gasteiger partial charge is 0.227 e. The topological polar surface area (TPSA) is 71.3 Å². The summed E-state index contributed by atoms with van der Waals surface area (Å²) in [6.07, 6.45) is 0.732. The van der Waals surface area contributed by atoms with Crippen LogP contribution in [0.1, 0.15) is 29.0 Å². The zero-order valence-corrected chi connectivity index (χ0v) is 16.6. The first-order valence-electron chi connectivity index (χ1n) is 9.39. The van der Waals surface area contributed by atoms with Gasteiger partial charge in [0.15, 0.2) is 0 Å². The summed E-state index contributed by atoms with van der Waals surface area (Å²) >= 11 is 0. The highest BCUT2D eigenvalue weighted by Crippen LogP contribution is 2.17. The van der Waals surface area contributed by atoms with E-state index in [9.17, 15) is 4.79 Å². The molecular formula is C22H26N4O2. The molecule has 0 aliphatic carbocycles. The standard InChI is InChI=1S/C22H26N4O2/c1-16-8-10-17(11-9-16)22-24-21(28-25-22)13-12-20(27)23-14-18-6-4-5-7-19(18)15-26(2)3/h4-11H,12-15H2,1-3H3,(H,23,27). The van der Waals surface area contributed by atoms with Crippen LogP contribution in [0.5, 0.6) is 0 Å². The van der Waals surface area contributed by atoms with Crippen LogP contribution in [0.15, 0.2) is 53.1 Å². The molecule has 0 radical (unpaired) electrons. The Kier molecular flexibility index (Phi) is 6.55. The molecule has 0 fully saturated rings. The lowest BCUT2D eigenvalue weighted by Gasteiger charge is -2.14. The van der Waals surface area contributed by atoms with Gasteiger partial charge in [0.05, 0.1) is 0 Å². The summed E-state index contributed by atoms with van der Waals surface area (Å²) < 4.78 is 5.28. The molecule has 3 aromatic rings. The Morgan fingerprint density at radius 1 is 1.07 bits per heavy atom. The molecule has 6 nitrogen and oxygen atoms in total. The van der Waals surface area contributed by atoms with Gasteiger partial charge in [-0.25, -0.2) is 0 Å². The molecule has 0 bridgehead atoms. The van der Waals surface area contributed by atoms with Gasteiger partial charge < -0.3 is 14.7 Å². The van der Waals surface area contributed by atoms with Crippen LogP contribution in [0.3, 0.4) is 0 Å². The van der Waals surface area contributed by atoms with Gasteiger partial charge in [-0.15, -0.1) is 0 Å². The predicted octanol–water partition coefficient (Wildman–Crippen LogP) is 3.36. The number of nitrogens with one attached hydrogen (secondary N) is 1. The van der Waals surface area contributed by atoms with Gasteiger partial charge in [-0.05, 0) is 32.1 Å². The molecule has 28 heavy (non-hydrogen) atoms. The van der Waals surface area contributed by atoms with Gasteiger partial charge in [0, 0.05) is 31.5 Å². The number of carbonyl (C=O) groups excluding carboxylic acids is 1. The van der Waals surface area contributed by atoms with Crippen LogP contribution < -0.4 is 5.32 Å². The lowest BCUT2D eigenvalue weighted by Crippen LogP contribution is -2.24. The molecule has 1 heterocycles. The third-order valence-corrected chi connectivity index (χ3v) is 4.42. The second kappa shape index (κ2) is 9.28. The lowest BCUT2D eigenvalue weighted by atomic mass is 10.1. The second-order valence-electron chi connectivity index (χ2n) is 7.16. The van der Waals surface area contributed by atoms with Gasteiger partial charge in [0.25, 0.3) is 0 Å². The number of carbonyl (C=O) groups is 1. The minimum absolute atomic E-state index is 0.0326. The van der Waals surface area contributed by atoms with E-state index in [0.29, 0.717) is 31.1 Å². The van der Waals surface area contributed by atoms with E-state index >= 15 is 0 Å². The predicted molar refractivity (Wildman–Crippen MR) is 108 cm³/mol. The highest BCUT2D eigenvalue weighted by Gasteiger charge is 2.11. The number of aryl methyl sites for hydroxylation is 2. The maximum absolute atomic E-state index is 12.2. The van der Waals surface area contributed by atoms with E-state index in [2.05, 4.69) is 26.4 Å². The molecule has 6 heteroatoms. The Bertz CT molecular complexity index is 916. The largest absolute Gasteiger partial charge is 0.352 e. The molecular weight excluding hydrogens is 352 g/mol. The van der Waals surface area contributed by atoms with Gasteiger partial charge >= 0.3 is 0 Å². The molecule has 2 aromatic carbocycles. The van der Waals surface area contributed by atoms with E-state index in [-0.39, 0.29) is 5.91 Å². The minimum Gasteiger partial charge on any atom is -0.352 e. The molecule has 0 aliphatic heterocycles. The van der Waals surface area contributed by atoms with Crippen molar-refractivity contribution in [3.8, 4) is 11.4 Å². The van der Waals surface area contributed by atoms with Gasteiger partial charge in [-0.3, -0.25) is 4.79 Å². The summed E-state index contributed by atoms with van der Waals surface area (Å²) in [4.78, 5) is 18.7. The van der Waals surface area contributed by atoms with Crippen LogP contribution in [0.2, 0.25) is 0 Å². The van der Waals surface area contributed by atoms with Gasteiger partial charge in [0.2, 0.25) is 17.6 Å². The molecule has 1 aromatic heterocycles. The van der Waals surface area contributed by atoms with Crippen LogP contribution in [-0.4, -0.2) is 35.0 Å². The molecule has 0 saturated heterocycles. The third kappa shape index (κ3) is 5.50. The van der Waals surface area contributed by atoms with Crippen molar-refractivity contribution >= 4 is 5.91 Å². The van der Waals surface area contributed by atoms with Crippen molar-refractivity contribution in [3.63, 3.8) is 0 Å². The summed E-state index contributed by atoms with van der Waals surface area (Å²) in [7, 11) is 4.06. The Morgan fingerprint density at radius 2 is 1.79 bits per heavy atom. The van der Waals surface area contributed by atoms with Crippen LogP contribution in [0, 0.1) is 6.92 Å². The van der Waals surface area contributed by atoms with Crippen LogP contribution >= 0.6 is 0 Å². The second-order valence-corrected chi connectivity index (χ2v) is 7.16. The van der Waals surface area contributed by atoms with Gasteiger partial charge in [0.1, 0.15) is 0 Å². The Hall–Kier alpha value is -2.99. The van der Waals surface area contributed by atoms with E-state index in [4.69, 9.17) is 4.52 Å². The number of rotatable bonds is 8. The Labute approximate surface area is 165 Å². The molecule has 1 amide bonds. The van der Waals surface area contributed by atoms with E-state index in [1.54, 1.807) is 0 Å². The fraction of sp³-hybridized carbons (Fsp3) is 0.318. The monoisotopic (exact) mass is 378 g/mol. The van der Waals surface area contributed by atoms with E-state index in [1.165, 1.54) is 11.1 Å². The fourth-order valence-corrected chi connectivity index (χ4v) is 2.90. The van der Waals surface area contributed by atoms with Crippen molar-refractivity contribution < 1.29 is 9.32 Å². The van der Waals surface area contributed by atoms with E-state index < -0.39 is 0 Å². The van der Waals surface area contributed by atoms with Crippen LogP contribution in [0.4, 0.5) is 0 Å². The lowest BCUT2D eigenvalue weighted by molar-refractivity contribution is -0.121. The summed E-state index contributed by atoms with van der Waals surface area (Å²) in [6, 6.07) is 16.1.